The van der Waals surface area contributed by atoms with Gasteiger partial charge in [0.05, 0.1) is 30.0 Å². The fraction of sp³-hybridized carbons (Fsp3) is 0.500. The van der Waals surface area contributed by atoms with E-state index in [1.807, 2.05) is 24.3 Å². The fourth-order valence-corrected chi connectivity index (χ4v) is 1.47. The van der Waals surface area contributed by atoms with Crippen molar-refractivity contribution in [3.05, 3.63) is 24.3 Å². The van der Waals surface area contributed by atoms with Gasteiger partial charge in [-0.25, -0.2) is 0 Å². The molecule has 0 spiro atoms. The lowest BCUT2D eigenvalue weighted by Gasteiger charge is -2.15. The molecule has 0 heterocycles. The average molecular weight is 259 g/mol. The summed E-state index contributed by atoms with van der Waals surface area (Å²) in [6.45, 7) is 1.83. The van der Waals surface area contributed by atoms with E-state index >= 15 is 0 Å². The third kappa shape index (κ3) is 5.26. The maximum absolute atomic E-state index is 9.39. The number of hydrogen-bond donors (Lipinski definition) is 3. The minimum Gasteiger partial charge on any atom is -0.390 e. The number of methoxy groups -OCH3 is 1. The summed E-state index contributed by atoms with van der Waals surface area (Å²) in [7, 11) is 1.67. The normalized spacial score (nSPS) is 12.2. The Morgan fingerprint density at radius 2 is 1.94 bits per heavy atom. The van der Waals surface area contributed by atoms with Gasteiger partial charge in [-0.1, -0.05) is 12.1 Å². The van der Waals surface area contributed by atoms with Crippen LogP contribution in [0.15, 0.2) is 24.3 Å². The number of ether oxygens (including phenoxy) is 1. The predicted octanol–water partition coefficient (Wildman–Crippen LogP) is 1.76. The first-order valence-corrected chi connectivity index (χ1v) is 6.11. The van der Waals surface area contributed by atoms with Crippen LogP contribution in [0.2, 0.25) is 0 Å². The van der Waals surface area contributed by atoms with Crippen LogP contribution in [0, 0.1) is 0 Å². The van der Waals surface area contributed by atoms with Crippen LogP contribution in [0.1, 0.15) is 0 Å². The van der Waals surface area contributed by atoms with Gasteiger partial charge in [-0.05, 0) is 12.1 Å². The zero-order valence-electron chi connectivity index (χ0n) is 9.95. The number of alkyl halides is 1. The first kappa shape index (κ1) is 14.1. The standard InChI is InChI=1S/C12H19ClN2O2/c1-17-7-6-14-11-4-2-3-5-12(11)15-9-10(16)8-13/h2-5,10,14-16H,6-9H2,1H3. The van der Waals surface area contributed by atoms with Crippen molar-refractivity contribution in [3.63, 3.8) is 0 Å². The van der Waals surface area contributed by atoms with E-state index in [0.29, 0.717) is 13.2 Å². The Bertz CT molecular complexity index is 323. The Kier molecular flexibility index (Phi) is 6.77. The van der Waals surface area contributed by atoms with Gasteiger partial charge in [-0.2, -0.15) is 0 Å². The lowest BCUT2D eigenvalue weighted by Crippen LogP contribution is -2.21. The minimum atomic E-state index is -0.538. The Balaban J connectivity index is 2.51. The molecule has 1 atom stereocenters. The first-order chi connectivity index (χ1) is 8.27. The molecule has 1 aromatic carbocycles. The molecule has 4 nitrogen and oxygen atoms in total. The summed E-state index contributed by atoms with van der Waals surface area (Å²) in [6.07, 6.45) is -0.538. The van der Waals surface area contributed by atoms with Crippen LogP contribution < -0.4 is 10.6 Å². The predicted molar refractivity (Wildman–Crippen MR) is 72.0 cm³/mol. The molecule has 17 heavy (non-hydrogen) atoms. The van der Waals surface area contributed by atoms with E-state index in [2.05, 4.69) is 10.6 Å². The Morgan fingerprint density at radius 3 is 2.53 bits per heavy atom. The van der Waals surface area contributed by atoms with Crippen LogP contribution >= 0.6 is 11.6 Å². The van der Waals surface area contributed by atoms with Gasteiger partial charge in [0.25, 0.3) is 0 Å². The summed E-state index contributed by atoms with van der Waals surface area (Å²) < 4.78 is 4.98. The van der Waals surface area contributed by atoms with E-state index in [1.165, 1.54) is 0 Å². The van der Waals surface area contributed by atoms with Gasteiger partial charge in [-0.15, -0.1) is 11.6 Å². The van der Waals surface area contributed by atoms with Crippen molar-refractivity contribution in [2.75, 3.05) is 43.3 Å². The Labute approximate surface area is 107 Å². The molecule has 1 rings (SSSR count). The summed E-state index contributed by atoms with van der Waals surface area (Å²) in [5.74, 6) is 0.228. The number of aliphatic hydroxyl groups excluding tert-OH is 1. The maximum Gasteiger partial charge on any atom is 0.0847 e. The second-order valence-electron chi connectivity index (χ2n) is 3.65. The van der Waals surface area contributed by atoms with Crippen molar-refractivity contribution in [2.24, 2.45) is 0 Å². The van der Waals surface area contributed by atoms with Gasteiger partial charge in [-0.3, -0.25) is 0 Å². The molecule has 1 aromatic rings. The van der Waals surface area contributed by atoms with Crippen LogP contribution in [0.25, 0.3) is 0 Å². The van der Waals surface area contributed by atoms with E-state index < -0.39 is 6.10 Å². The molecule has 0 bridgehead atoms. The van der Waals surface area contributed by atoms with Gasteiger partial charge < -0.3 is 20.5 Å². The molecule has 1 unspecified atom stereocenters. The highest BCUT2D eigenvalue weighted by Gasteiger charge is 2.04. The number of benzene rings is 1. The van der Waals surface area contributed by atoms with E-state index in [9.17, 15) is 5.11 Å². The highest BCUT2D eigenvalue weighted by molar-refractivity contribution is 6.18. The van der Waals surface area contributed by atoms with Crippen LogP contribution in [-0.2, 0) is 4.74 Å². The molecule has 0 aliphatic rings. The van der Waals surface area contributed by atoms with E-state index in [-0.39, 0.29) is 5.88 Å². The van der Waals surface area contributed by atoms with Crippen molar-refractivity contribution in [1.29, 1.82) is 0 Å². The van der Waals surface area contributed by atoms with Crippen LogP contribution in [-0.4, -0.2) is 43.9 Å². The van der Waals surface area contributed by atoms with Crippen molar-refractivity contribution in [2.45, 2.75) is 6.10 Å². The van der Waals surface area contributed by atoms with E-state index in [1.54, 1.807) is 7.11 Å². The van der Waals surface area contributed by atoms with Gasteiger partial charge in [0, 0.05) is 20.2 Å². The smallest absolute Gasteiger partial charge is 0.0847 e. The molecule has 0 saturated heterocycles. The number of rotatable bonds is 8. The molecule has 0 aliphatic heterocycles. The number of nitrogens with one attached hydrogen (secondary N) is 2. The molecular weight excluding hydrogens is 240 g/mol. The van der Waals surface area contributed by atoms with Crippen LogP contribution in [0.4, 0.5) is 11.4 Å². The molecule has 3 N–H and O–H groups in total. The van der Waals surface area contributed by atoms with Gasteiger partial charge in [0.2, 0.25) is 0 Å². The quantitative estimate of drug-likeness (QED) is 0.491. The molecule has 0 aromatic heterocycles. The molecule has 0 amide bonds. The largest absolute Gasteiger partial charge is 0.390 e. The topological polar surface area (TPSA) is 53.5 Å². The zero-order chi connectivity index (χ0) is 12.5. The molecule has 96 valence electrons. The second kappa shape index (κ2) is 8.17. The number of aliphatic hydroxyl groups is 1. The third-order valence-corrected chi connectivity index (χ3v) is 2.61. The highest BCUT2D eigenvalue weighted by atomic mass is 35.5. The number of para-hydroxylation sites is 2. The SMILES string of the molecule is COCCNc1ccccc1NCC(O)CCl. The third-order valence-electron chi connectivity index (χ3n) is 2.25. The summed E-state index contributed by atoms with van der Waals surface area (Å²) in [5.41, 5.74) is 1.94. The highest BCUT2D eigenvalue weighted by Crippen LogP contribution is 2.20. The number of halogens is 1. The van der Waals surface area contributed by atoms with Crippen molar-refractivity contribution in [3.8, 4) is 0 Å². The number of anilines is 2. The molecular formula is C12H19ClN2O2. The van der Waals surface area contributed by atoms with Crippen LogP contribution in [0.5, 0.6) is 0 Å². The lowest BCUT2D eigenvalue weighted by molar-refractivity contribution is 0.210. The molecule has 0 aliphatic carbocycles. The van der Waals surface area contributed by atoms with Crippen molar-refractivity contribution < 1.29 is 9.84 Å². The van der Waals surface area contributed by atoms with Gasteiger partial charge >= 0.3 is 0 Å². The van der Waals surface area contributed by atoms with Crippen LogP contribution in [0.3, 0.4) is 0 Å². The Morgan fingerprint density at radius 1 is 1.29 bits per heavy atom. The number of hydrogen-bond acceptors (Lipinski definition) is 4. The monoisotopic (exact) mass is 258 g/mol. The van der Waals surface area contributed by atoms with Gasteiger partial charge in [0.15, 0.2) is 0 Å². The summed E-state index contributed by atoms with van der Waals surface area (Å²) in [4.78, 5) is 0. The lowest BCUT2D eigenvalue weighted by atomic mass is 10.2. The summed E-state index contributed by atoms with van der Waals surface area (Å²) in [5, 5.41) is 15.8. The second-order valence-corrected chi connectivity index (χ2v) is 3.96. The zero-order valence-corrected chi connectivity index (χ0v) is 10.7. The average Bonchev–Trinajstić information content (AvgIpc) is 2.37. The van der Waals surface area contributed by atoms with Crippen molar-refractivity contribution >= 4 is 23.0 Å². The van der Waals surface area contributed by atoms with E-state index in [0.717, 1.165) is 17.9 Å². The first-order valence-electron chi connectivity index (χ1n) is 5.57. The molecule has 5 heteroatoms. The molecule has 0 radical (unpaired) electrons. The maximum atomic E-state index is 9.39. The minimum absolute atomic E-state index is 0.228. The summed E-state index contributed by atoms with van der Waals surface area (Å²) in [6, 6.07) is 7.83. The van der Waals surface area contributed by atoms with Gasteiger partial charge in [0.1, 0.15) is 0 Å². The van der Waals surface area contributed by atoms with E-state index in [4.69, 9.17) is 16.3 Å². The fourth-order valence-electron chi connectivity index (χ4n) is 1.36. The van der Waals surface area contributed by atoms with Crippen molar-refractivity contribution in [1.82, 2.24) is 0 Å². The molecule has 0 saturated carbocycles. The summed E-state index contributed by atoms with van der Waals surface area (Å²) >= 11 is 5.54. The molecule has 0 fully saturated rings. The Hall–Kier alpha value is -0.970.